The molecule has 0 fully saturated rings. The number of nitrogens with one attached hydrogen (secondary N) is 2. The monoisotopic (exact) mass is 414 g/mol. The van der Waals surface area contributed by atoms with E-state index in [1.807, 2.05) is 26.8 Å². The third-order valence-corrected chi connectivity index (χ3v) is 6.15. The van der Waals surface area contributed by atoms with E-state index in [4.69, 9.17) is 0 Å². The summed E-state index contributed by atoms with van der Waals surface area (Å²) in [5, 5.41) is 11.0. The Balaban J connectivity index is 1.91. The summed E-state index contributed by atoms with van der Waals surface area (Å²) in [6.07, 6.45) is 6.79. The van der Waals surface area contributed by atoms with E-state index in [1.165, 1.54) is 17.7 Å². The number of aromatic nitrogens is 2. The minimum atomic E-state index is -1.02. The van der Waals surface area contributed by atoms with Gasteiger partial charge in [-0.3, -0.25) is 0 Å². The summed E-state index contributed by atoms with van der Waals surface area (Å²) in [4.78, 5) is 18.6. The van der Waals surface area contributed by atoms with Crippen LogP contribution < -0.4 is 0 Å². The number of carbonyl (C=O) groups is 1. The normalized spacial score (nSPS) is 12.8. The Kier molecular flexibility index (Phi) is 4.36. The average molecular weight is 414 g/mol. The highest BCUT2D eigenvalue weighted by Gasteiger charge is 2.29. The zero-order valence-electron chi connectivity index (χ0n) is 17.6. The SMILES string of the molecule is Cc1ccc2c(c1-c1c(C(=O)O)[nH]c(-c3cc(F)cc4[nH]ccc34)c1C(C)C)C=CC2. The first-order chi connectivity index (χ1) is 14.9. The van der Waals surface area contributed by atoms with Crippen molar-refractivity contribution in [2.45, 2.75) is 33.1 Å². The molecule has 0 saturated carbocycles. The van der Waals surface area contributed by atoms with Crippen molar-refractivity contribution in [2.75, 3.05) is 0 Å². The van der Waals surface area contributed by atoms with Gasteiger partial charge in [0.15, 0.2) is 0 Å². The van der Waals surface area contributed by atoms with E-state index < -0.39 is 5.97 Å². The van der Waals surface area contributed by atoms with Crippen LogP contribution >= 0.6 is 0 Å². The van der Waals surface area contributed by atoms with Crippen LogP contribution in [0.25, 0.3) is 39.4 Å². The highest BCUT2D eigenvalue weighted by atomic mass is 19.1. The number of benzene rings is 2. The fourth-order valence-electron chi connectivity index (χ4n) is 4.84. The van der Waals surface area contributed by atoms with E-state index in [0.29, 0.717) is 22.3 Å². The van der Waals surface area contributed by atoms with Crippen molar-refractivity contribution < 1.29 is 14.3 Å². The van der Waals surface area contributed by atoms with E-state index in [-0.39, 0.29) is 17.4 Å². The largest absolute Gasteiger partial charge is 0.477 e. The van der Waals surface area contributed by atoms with Crippen LogP contribution in [0.4, 0.5) is 4.39 Å². The van der Waals surface area contributed by atoms with Crippen LogP contribution in [0.5, 0.6) is 0 Å². The molecule has 5 heteroatoms. The number of rotatable bonds is 4. The number of hydrogen-bond donors (Lipinski definition) is 3. The summed E-state index contributed by atoms with van der Waals surface area (Å²) >= 11 is 0. The summed E-state index contributed by atoms with van der Waals surface area (Å²) in [5.41, 5.74) is 7.95. The minimum absolute atomic E-state index is 0.0206. The van der Waals surface area contributed by atoms with Crippen LogP contribution in [0, 0.1) is 12.7 Å². The van der Waals surface area contributed by atoms with Crippen LogP contribution in [0.1, 0.15) is 52.5 Å². The van der Waals surface area contributed by atoms with Crippen molar-refractivity contribution in [1.29, 1.82) is 0 Å². The third-order valence-electron chi connectivity index (χ3n) is 6.15. The molecule has 31 heavy (non-hydrogen) atoms. The quantitative estimate of drug-likeness (QED) is 0.349. The summed E-state index contributed by atoms with van der Waals surface area (Å²) in [6, 6.07) is 8.98. The lowest BCUT2D eigenvalue weighted by atomic mass is 9.85. The number of halogens is 1. The molecule has 0 aliphatic heterocycles. The second-order valence-corrected chi connectivity index (χ2v) is 8.45. The van der Waals surface area contributed by atoms with Crippen molar-refractivity contribution in [2.24, 2.45) is 0 Å². The van der Waals surface area contributed by atoms with E-state index >= 15 is 0 Å². The van der Waals surface area contributed by atoms with Gasteiger partial charge in [0.05, 0.1) is 5.69 Å². The Bertz CT molecular complexity index is 1390. The topological polar surface area (TPSA) is 68.9 Å². The second-order valence-electron chi connectivity index (χ2n) is 8.45. The van der Waals surface area contributed by atoms with Gasteiger partial charge in [0.1, 0.15) is 11.5 Å². The van der Waals surface area contributed by atoms with Gasteiger partial charge < -0.3 is 15.1 Å². The highest BCUT2D eigenvalue weighted by Crippen LogP contribution is 2.45. The van der Waals surface area contributed by atoms with Crippen LogP contribution in [-0.2, 0) is 6.42 Å². The van der Waals surface area contributed by atoms with Gasteiger partial charge in [0, 0.05) is 28.2 Å². The van der Waals surface area contributed by atoms with Crippen molar-refractivity contribution in [1.82, 2.24) is 9.97 Å². The Hall–Kier alpha value is -3.60. The minimum Gasteiger partial charge on any atom is -0.477 e. The van der Waals surface area contributed by atoms with Gasteiger partial charge in [-0.05, 0) is 65.3 Å². The summed E-state index contributed by atoms with van der Waals surface area (Å²) in [6.45, 7) is 6.10. The van der Waals surface area contributed by atoms with Gasteiger partial charge in [0.25, 0.3) is 0 Å². The molecule has 2 aromatic heterocycles. The highest BCUT2D eigenvalue weighted by molar-refractivity contribution is 6.04. The van der Waals surface area contributed by atoms with Crippen LogP contribution in [-0.4, -0.2) is 21.0 Å². The molecule has 5 rings (SSSR count). The molecule has 1 aliphatic carbocycles. The number of aromatic carboxylic acids is 1. The Labute approximate surface area is 179 Å². The van der Waals surface area contributed by atoms with Crippen LogP contribution in [0.15, 0.2) is 42.6 Å². The molecule has 0 amide bonds. The number of hydrogen-bond acceptors (Lipinski definition) is 1. The molecule has 156 valence electrons. The summed E-state index contributed by atoms with van der Waals surface area (Å²) in [5.74, 6) is -1.37. The van der Waals surface area contributed by atoms with Gasteiger partial charge in [0.2, 0.25) is 0 Å². The Morgan fingerprint density at radius 3 is 2.71 bits per heavy atom. The van der Waals surface area contributed by atoms with Gasteiger partial charge in [-0.15, -0.1) is 0 Å². The maximum Gasteiger partial charge on any atom is 0.352 e. The maximum absolute atomic E-state index is 14.5. The van der Waals surface area contributed by atoms with Crippen LogP contribution in [0.3, 0.4) is 0 Å². The number of carboxylic acid groups (broad SMARTS) is 1. The molecule has 4 nitrogen and oxygen atoms in total. The molecular formula is C26H23FN2O2. The van der Waals surface area contributed by atoms with Gasteiger partial charge >= 0.3 is 5.97 Å². The standard InChI is InChI=1S/C26H23FN2O2/c1-13(2)21-23(22-14(3)7-8-15-5-4-6-17(15)22)25(26(30)31)29-24(21)19-11-16(27)12-20-18(19)9-10-28-20/h4,6-13,28-29H,5H2,1-3H3,(H,30,31). The number of allylic oxidation sites excluding steroid dienone is 1. The third kappa shape index (κ3) is 2.92. The zero-order chi connectivity index (χ0) is 21.9. The van der Waals surface area contributed by atoms with E-state index in [9.17, 15) is 14.3 Å². The predicted molar refractivity (Wildman–Crippen MR) is 122 cm³/mol. The number of H-pyrrole nitrogens is 2. The first-order valence-corrected chi connectivity index (χ1v) is 10.4. The molecule has 1 aliphatic rings. The fraction of sp³-hybridized carbons (Fsp3) is 0.192. The molecule has 3 N–H and O–H groups in total. The summed E-state index contributed by atoms with van der Waals surface area (Å²) < 4.78 is 14.5. The van der Waals surface area contributed by atoms with Gasteiger partial charge in [-0.1, -0.05) is 38.1 Å². The molecular weight excluding hydrogens is 391 g/mol. The summed E-state index contributed by atoms with van der Waals surface area (Å²) in [7, 11) is 0. The molecule has 0 saturated heterocycles. The number of fused-ring (bicyclic) bond motifs is 2. The predicted octanol–water partition coefficient (Wildman–Crippen LogP) is 6.67. The van der Waals surface area contributed by atoms with Crippen molar-refractivity contribution >= 4 is 22.9 Å². The molecule has 2 heterocycles. The van der Waals surface area contributed by atoms with Crippen molar-refractivity contribution in [3.05, 3.63) is 76.4 Å². The lowest BCUT2D eigenvalue weighted by Gasteiger charge is -2.17. The molecule has 0 atom stereocenters. The molecule has 0 spiro atoms. The average Bonchev–Trinajstić information content (AvgIpc) is 3.44. The van der Waals surface area contributed by atoms with Crippen LogP contribution in [0.2, 0.25) is 0 Å². The van der Waals surface area contributed by atoms with E-state index in [0.717, 1.165) is 34.1 Å². The second kappa shape index (κ2) is 6.98. The lowest BCUT2D eigenvalue weighted by molar-refractivity contribution is 0.0692. The lowest BCUT2D eigenvalue weighted by Crippen LogP contribution is -2.03. The number of aromatic amines is 2. The molecule has 4 aromatic rings. The molecule has 2 aromatic carbocycles. The Morgan fingerprint density at radius 2 is 1.97 bits per heavy atom. The first kappa shape index (κ1) is 19.4. The van der Waals surface area contributed by atoms with E-state index in [1.54, 1.807) is 6.20 Å². The number of aryl methyl sites for hydroxylation is 1. The van der Waals surface area contributed by atoms with Gasteiger partial charge in [-0.25, -0.2) is 9.18 Å². The Morgan fingerprint density at radius 1 is 1.16 bits per heavy atom. The van der Waals surface area contributed by atoms with E-state index in [2.05, 4.69) is 34.3 Å². The van der Waals surface area contributed by atoms with Crippen molar-refractivity contribution in [3.8, 4) is 22.4 Å². The fourth-order valence-corrected chi connectivity index (χ4v) is 4.84. The maximum atomic E-state index is 14.5. The zero-order valence-corrected chi connectivity index (χ0v) is 17.6. The number of carboxylic acids is 1. The van der Waals surface area contributed by atoms with Gasteiger partial charge in [-0.2, -0.15) is 0 Å². The van der Waals surface area contributed by atoms with Crippen molar-refractivity contribution in [3.63, 3.8) is 0 Å². The molecule has 0 unspecified atom stereocenters. The molecule has 0 bridgehead atoms. The first-order valence-electron chi connectivity index (χ1n) is 10.4. The molecule has 0 radical (unpaired) electrons. The smallest absolute Gasteiger partial charge is 0.352 e.